The summed E-state index contributed by atoms with van der Waals surface area (Å²) in [5.41, 5.74) is 0. The molecule has 1 heterocycles. The van der Waals surface area contributed by atoms with Crippen LogP contribution in [-0.2, 0) is 10.0 Å². The van der Waals surface area contributed by atoms with E-state index in [1.54, 1.807) is 7.05 Å². The molecular formula is C11H18ClN3O2S. The van der Waals surface area contributed by atoms with Crippen LogP contribution < -0.4 is 10.0 Å². The lowest BCUT2D eigenvalue weighted by molar-refractivity contribution is 0.551. The highest BCUT2D eigenvalue weighted by molar-refractivity contribution is 7.89. The van der Waals surface area contributed by atoms with Gasteiger partial charge in [0, 0.05) is 19.8 Å². The van der Waals surface area contributed by atoms with Crippen molar-refractivity contribution in [1.29, 1.82) is 0 Å². The molecule has 1 rings (SSSR count). The fourth-order valence-electron chi connectivity index (χ4n) is 1.32. The molecule has 0 saturated carbocycles. The van der Waals surface area contributed by atoms with Crippen LogP contribution >= 0.6 is 11.6 Å². The molecule has 1 aromatic rings. The molecule has 0 bridgehead atoms. The van der Waals surface area contributed by atoms with E-state index in [9.17, 15) is 8.42 Å². The number of pyridine rings is 1. The Balaban J connectivity index is 2.82. The van der Waals surface area contributed by atoms with Crippen molar-refractivity contribution in [3.8, 4) is 0 Å². The summed E-state index contributed by atoms with van der Waals surface area (Å²) < 4.78 is 26.4. The first-order chi connectivity index (χ1) is 8.36. The third kappa shape index (κ3) is 4.12. The molecule has 0 aliphatic rings. The monoisotopic (exact) mass is 291 g/mol. The summed E-state index contributed by atoms with van der Waals surface area (Å²) in [7, 11) is -1.86. The first-order valence-electron chi connectivity index (χ1n) is 5.69. The number of hydrogen-bond acceptors (Lipinski definition) is 4. The number of hydrogen-bond donors (Lipinski definition) is 2. The maximum atomic E-state index is 11.9. The second-order valence-corrected chi connectivity index (χ2v) is 6.51. The molecule has 0 aliphatic heterocycles. The van der Waals surface area contributed by atoms with Crippen LogP contribution in [0.5, 0.6) is 0 Å². The first kappa shape index (κ1) is 15.2. The molecule has 0 amide bonds. The Labute approximate surface area is 113 Å². The quantitative estimate of drug-likeness (QED) is 0.842. The molecule has 5 nitrogen and oxygen atoms in total. The van der Waals surface area contributed by atoms with Gasteiger partial charge in [0.05, 0.1) is 5.02 Å². The van der Waals surface area contributed by atoms with E-state index in [4.69, 9.17) is 11.6 Å². The van der Waals surface area contributed by atoms with Crippen molar-refractivity contribution >= 4 is 27.4 Å². The van der Waals surface area contributed by atoms with Gasteiger partial charge in [-0.25, -0.2) is 18.1 Å². The number of nitrogens with one attached hydrogen (secondary N) is 2. The second kappa shape index (κ2) is 6.36. The summed E-state index contributed by atoms with van der Waals surface area (Å²) in [5, 5.41) is 3.06. The summed E-state index contributed by atoms with van der Waals surface area (Å²) in [4.78, 5) is 4.02. The molecule has 0 aromatic carbocycles. The van der Waals surface area contributed by atoms with E-state index in [2.05, 4.69) is 15.0 Å². The zero-order valence-corrected chi connectivity index (χ0v) is 12.3. The van der Waals surface area contributed by atoms with Gasteiger partial charge in [-0.3, -0.25) is 0 Å². The molecule has 0 atom stereocenters. The second-order valence-electron chi connectivity index (χ2n) is 4.33. The van der Waals surface area contributed by atoms with Gasteiger partial charge < -0.3 is 5.32 Å². The van der Waals surface area contributed by atoms with Gasteiger partial charge >= 0.3 is 0 Å². The van der Waals surface area contributed by atoms with E-state index >= 15 is 0 Å². The summed E-state index contributed by atoms with van der Waals surface area (Å²) in [6.45, 7) is 4.48. The largest absolute Gasteiger partial charge is 0.372 e. The van der Waals surface area contributed by atoms with Gasteiger partial charge in [0.2, 0.25) is 10.0 Å². The van der Waals surface area contributed by atoms with Gasteiger partial charge in [-0.05, 0) is 18.4 Å². The number of rotatable bonds is 6. The van der Waals surface area contributed by atoms with E-state index < -0.39 is 10.0 Å². The summed E-state index contributed by atoms with van der Waals surface area (Å²) in [5.74, 6) is 0.902. The minimum absolute atomic E-state index is 0.0789. The van der Waals surface area contributed by atoms with Gasteiger partial charge in [-0.15, -0.1) is 0 Å². The normalized spacial score (nSPS) is 11.8. The van der Waals surface area contributed by atoms with Gasteiger partial charge in [0.25, 0.3) is 0 Å². The van der Waals surface area contributed by atoms with Crippen LogP contribution in [0, 0.1) is 5.92 Å². The predicted molar refractivity (Wildman–Crippen MR) is 73.4 cm³/mol. The fourth-order valence-corrected chi connectivity index (χ4v) is 2.66. The number of aromatic nitrogens is 1. The van der Waals surface area contributed by atoms with Gasteiger partial charge in [-0.1, -0.05) is 25.4 Å². The van der Waals surface area contributed by atoms with Crippen LogP contribution in [0.15, 0.2) is 17.2 Å². The Bertz CT molecular complexity index is 503. The molecule has 1 aromatic heterocycles. The van der Waals surface area contributed by atoms with Gasteiger partial charge in [0.15, 0.2) is 0 Å². The Morgan fingerprint density at radius 3 is 2.61 bits per heavy atom. The maximum absolute atomic E-state index is 11.9. The van der Waals surface area contributed by atoms with Crippen LogP contribution in [0.3, 0.4) is 0 Å². The standard InChI is InChI=1S/C11H18ClN3O2S/c1-8(2)4-5-15-18(16,17)9-6-10(12)11(13-3)14-7-9/h6-8,15H,4-5H2,1-3H3,(H,13,14). The number of sulfonamides is 1. The lowest BCUT2D eigenvalue weighted by atomic mass is 10.1. The maximum Gasteiger partial charge on any atom is 0.242 e. The van der Waals surface area contributed by atoms with E-state index in [1.165, 1.54) is 12.3 Å². The highest BCUT2D eigenvalue weighted by atomic mass is 35.5. The zero-order chi connectivity index (χ0) is 13.8. The fraction of sp³-hybridized carbons (Fsp3) is 0.545. The molecule has 0 spiro atoms. The van der Waals surface area contributed by atoms with Crippen molar-refractivity contribution < 1.29 is 8.42 Å². The Hall–Kier alpha value is -0.850. The third-order valence-electron chi connectivity index (χ3n) is 2.38. The van der Waals surface area contributed by atoms with Crippen LogP contribution in [0.1, 0.15) is 20.3 Å². The van der Waals surface area contributed by atoms with Crippen molar-refractivity contribution in [1.82, 2.24) is 9.71 Å². The van der Waals surface area contributed by atoms with Gasteiger partial charge in [-0.2, -0.15) is 0 Å². The minimum Gasteiger partial charge on any atom is -0.372 e. The molecule has 18 heavy (non-hydrogen) atoms. The molecule has 102 valence electrons. The summed E-state index contributed by atoms with van der Waals surface area (Å²) in [6.07, 6.45) is 2.07. The lowest BCUT2D eigenvalue weighted by Gasteiger charge is -2.09. The zero-order valence-electron chi connectivity index (χ0n) is 10.7. The molecule has 0 unspecified atom stereocenters. The van der Waals surface area contributed by atoms with Crippen LogP contribution in [0.4, 0.5) is 5.82 Å². The molecule has 2 N–H and O–H groups in total. The first-order valence-corrected chi connectivity index (χ1v) is 7.56. The van der Waals surface area contributed by atoms with Crippen molar-refractivity contribution in [2.24, 2.45) is 5.92 Å². The number of halogens is 1. The van der Waals surface area contributed by atoms with Crippen molar-refractivity contribution in [3.05, 3.63) is 17.3 Å². The van der Waals surface area contributed by atoms with E-state index in [1.807, 2.05) is 13.8 Å². The molecule has 0 saturated heterocycles. The highest BCUT2D eigenvalue weighted by Gasteiger charge is 2.15. The van der Waals surface area contributed by atoms with Crippen LogP contribution in [0.2, 0.25) is 5.02 Å². The average Bonchev–Trinajstić information content (AvgIpc) is 2.28. The SMILES string of the molecule is CNc1ncc(S(=O)(=O)NCCC(C)C)cc1Cl. The summed E-state index contributed by atoms with van der Waals surface area (Å²) >= 11 is 5.90. The van der Waals surface area contributed by atoms with E-state index in [0.29, 0.717) is 18.3 Å². The predicted octanol–water partition coefficient (Wildman–Crippen LogP) is 2.10. The van der Waals surface area contributed by atoms with Crippen molar-refractivity contribution in [3.63, 3.8) is 0 Å². The molecule has 0 fully saturated rings. The highest BCUT2D eigenvalue weighted by Crippen LogP contribution is 2.21. The average molecular weight is 292 g/mol. The topological polar surface area (TPSA) is 71.1 Å². The van der Waals surface area contributed by atoms with Crippen molar-refractivity contribution in [2.75, 3.05) is 18.9 Å². The van der Waals surface area contributed by atoms with Crippen molar-refractivity contribution in [2.45, 2.75) is 25.2 Å². The molecular weight excluding hydrogens is 274 g/mol. The Kier molecular flexibility index (Phi) is 5.37. The van der Waals surface area contributed by atoms with E-state index in [-0.39, 0.29) is 9.92 Å². The summed E-state index contributed by atoms with van der Waals surface area (Å²) in [6, 6.07) is 1.39. The molecule has 0 aliphatic carbocycles. The Morgan fingerprint density at radius 1 is 1.44 bits per heavy atom. The van der Waals surface area contributed by atoms with Gasteiger partial charge in [0.1, 0.15) is 10.7 Å². The number of nitrogens with zero attached hydrogens (tertiary/aromatic N) is 1. The molecule has 0 radical (unpaired) electrons. The smallest absolute Gasteiger partial charge is 0.242 e. The van der Waals surface area contributed by atoms with Crippen LogP contribution in [-0.4, -0.2) is 27.0 Å². The molecule has 7 heteroatoms. The van der Waals surface area contributed by atoms with Crippen LogP contribution in [0.25, 0.3) is 0 Å². The lowest BCUT2D eigenvalue weighted by Crippen LogP contribution is -2.25. The number of anilines is 1. The third-order valence-corrected chi connectivity index (χ3v) is 4.09. The minimum atomic E-state index is -3.53. The Morgan fingerprint density at radius 2 is 2.11 bits per heavy atom. The van der Waals surface area contributed by atoms with E-state index in [0.717, 1.165) is 6.42 Å².